The summed E-state index contributed by atoms with van der Waals surface area (Å²) < 4.78 is 43.7. The predicted octanol–water partition coefficient (Wildman–Crippen LogP) is 4.14. The number of nitrogen functional groups attached to an aromatic ring is 1. The molecule has 0 radical (unpaired) electrons. The third-order valence-corrected chi connectivity index (χ3v) is 2.86. The van der Waals surface area contributed by atoms with Gasteiger partial charge in [0.2, 0.25) is 5.88 Å². The van der Waals surface area contributed by atoms with Crippen LogP contribution < -0.4 is 16.0 Å². The van der Waals surface area contributed by atoms with E-state index < -0.39 is 11.7 Å². The molecule has 1 heterocycles. The van der Waals surface area contributed by atoms with E-state index in [1.165, 1.54) is 0 Å². The maximum atomic E-state index is 12.8. The molecule has 0 atom stereocenters. The second kappa shape index (κ2) is 5.79. The van der Waals surface area contributed by atoms with Crippen molar-refractivity contribution >= 4 is 17.4 Å². The average Bonchev–Trinajstić information content (AvgIpc) is 2.40. The highest BCUT2D eigenvalue weighted by Gasteiger charge is 2.32. The van der Waals surface area contributed by atoms with Crippen LogP contribution >= 0.6 is 11.6 Å². The molecule has 8 heteroatoms. The average molecular weight is 318 g/mol. The minimum absolute atomic E-state index is 0.147. The molecule has 0 aliphatic carbocycles. The van der Waals surface area contributed by atoms with Crippen LogP contribution in [0.25, 0.3) is 0 Å². The van der Waals surface area contributed by atoms with E-state index in [-0.39, 0.29) is 11.7 Å². The Balaban J connectivity index is 2.39. The van der Waals surface area contributed by atoms with Crippen LogP contribution in [-0.4, -0.2) is 4.98 Å². The first-order chi connectivity index (χ1) is 9.79. The predicted molar refractivity (Wildman–Crippen MR) is 73.3 cm³/mol. The zero-order valence-corrected chi connectivity index (χ0v) is 11.6. The highest BCUT2D eigenvalue weighted by Crippen LogP contribution is 2.34. The summed E-state index contributed by atoms with van der Waals surface area (Å²) in [4.78, 5) is 3.83. The Kier molecular flexibility index (Phi) is 4.24. The Morgan fingerprint density at radius 2 is 1.95 bits per heavy atom. The molecule has 2 aromatic rings. The summed E-state index contributed by atoms with van der Waals surface area (Å²) in [7, 11) is 0. The summed E-state index contributed by atoms with van der Waals surface area (Å²) in [6.07, 6.45) is -4.53. The first kappa shape index (κ1) is 15.4. The smallest absolute Gasteiger partial charge is 0.416 e. The van der Waals surface area contributed by atoms with Gasteiger partial charge in [-0.05, 0) is 36.8 Å². The van der Waals surface area contributed by atoms with Gasteiger partial charge in [0.1, 0.15) is 11.6 Å². The van der Waals surface area contributed by atoms with Crippen molar-refractivity contribution in [3.8, 4) is 11.6 Å². The van der Waals surface area contributed by atoms with Gasteiger partial charge < -0.3 is 10.2 Å². The largest absolute Gasteiger partial charge is 0.439 e. The van der Waals surface area contributed by atoms with Crippen LogP contribution in [0.3, 0.4) is 0 Å². The lowest BCUT2D eigenvalue weighted by Crippen LogP contribution is -2.12. The van der Waals surface area contributed by atoms with E-state index >= 15 is 0 Å². The van der Waals surface area contributed by atoms with Crippen molar-refractivity contribution in [2.75, 3.05) is 5.43 Å². The number of aromatic nitrogens is 1. The zero-order valence-electron chi connectivity index (χ0n) is 10.8. The first-order valence-electron chi connectivity index (χ1n) is 5.79. The number of rotatable bonds is 3. The van der Waals surface area contributed by atoms with Crippen molar-refractivity contribution in [3.63, 3.8) is 0 Å². The maximum absolute atomic E-state index is 12.8. The van der Waals surface area contributed by atoms with E-state index in [0.717, 1.165) is 12.1 Å². The topological polar surface area (TPSA) is 60.2 Å². The van der Waals surface area contributed by atoms with Gasteiger partial charge in [-0.2, -0.15) is 18.2 Å². The fourth-order valence-corrected chi connectivity index (χ4v) is 1.86. The number of hydrogen-bond acceptors (Lipinski definition) is 4. The van der Waals surface area contributed by atoms with E-state index in [0.29, 0.717) is 16.3 Å². The molecule has 1 aromatic carbocycles. The number of nitrogens with one attached hydrogen (secondary N) is 1. The molecule has 0 amide bonds. The Morgan fingerprint density at radius 1 is 1.24 bits per heavy atom. The van der Waals surface area contributed by atoms with Gasteiger partial charge in [0.05, 0.1) is 5.56 Å². The summed E-state index contributed by atoms with van der Waals surface area (Å²) in [5, 5.41) is 0.501. The van der Waals surface area contributed by atoms with E-state index in [1.54, 1.807) is 25.1 Å². The number of hydrogen-bond donors (Lipinski definition) is 2. The standard InChI is InChI=1S/C13H11ClF3N3O/c1-7-4-9(14)2-3-10(7)21-12-6-8(13(15,16)17)5-11(19-12)20-18/h2-6H,18H2,1H3,(H,19,20). The van der Waals surface area contributed by atoms with Crippen molar-refractivity contribution < 1.29 is 17.9 Å². The summed E-state index contributed by atoms with van der Waals surface area (Å²) in [5.74, 6) is 5.11. The SMILES string of the molecule is Cc1cc(Cl)ccc1Oc1cc(C(F)(F)F)cc(NN)n1. The van der Waals surface area contributed by atoms with Gasteiger partial charge in [-0.1, -0.05) is 11.6 Å². The Bertz CT molecular complexity index is 662. The van der Waals surface area contributed by atoms with Crippen molar-refractivity contribution in [1.29, 1.82) is 0 Å². The number of halogens is 4. The van der Waals surface area contributed by atoms with Crippen LogP contribution in [0.15, 0.2) is 30.3 Å². The molecule has 0 fully saturated rings. The molecule has 0 unspecified atom stereocenters. The third kappa shape index (κ3) is 3.77. The van der Waals surface area contributed by atoms with Gasteiger partial charge in [0.25, 0.3) is 0 Å². The van der Waals surface area contributed by atoms with E-state index in [2.05, 4.69) is 10.4 Å². The third-order valence-electron chi connectivity index (χ3n) is 2.63. The lowest BCUT2D eigenvalue weighted by atomic mass is 10.2. The van der Waals surface area contributed by atoms with Crippen LogP contribution in [0.4, 0.5) is 19.0 Å². The molecule has 1 aromatic heterocycles. The number of alkyl halides is 3. The number of nitrogens with two attached hydrogens (primary N) is 1. The Labute approximate surface area is 123 Å². The maximum Gasteiger partial charge on any atom is 0.416 e. The first-order valence-corrected chi connectivity index (χ1v) is 6.17. The molecule has 0 aliphatic rings. The van der Waals surface area contributed by atoms with E-state index in [1.807, 2.05) is 0 Å². The summed E-state index contributed by atoms with van der Waals surface area (Å²) in [6, 6.07) is 6.35. The number of pyridine rings is 1. The van der Waals surface area contributed by atoms with Crippen LogP contribution in [0, 0.1) is 6.92 Å². The van der Waals surface area contributed by atoms with Crippen molar-refractivity contribution in [3.05, 3.63) is 46.5 Å². The highest BCUT2D eigenvalue weighted by molar-refractivity contribution is 6.30. The van der Waals surface area contributed by atoms with Crippen molar-refractivity contribution in [2.24, 2.45) is 5.84 Å². The summed E-state index contributed by atoms with van der Waals surface area (Å²) >= 11 is 5.81. The number of nitrogens with zero attached hydrogens (tertiary/aromatic N) is 1. The van der Waals surface area contributed by atoms with Gasteiger partial charge in [-0.25, -0.2) is 5.84 Å². The number of anilines is 1. The summed E-state index contributed by atoms with van der Waals surface area (Å²) in [6.45, 7) is 1.72. The molecule has 2 rings (SSSR count). The fraction of sp³-hybridized carbons (Fsp3) is 0.154. The van der Waals surface area contributed by atoms with Crippen LogP contribution in [-0.2, 0) is 6.18 Å². The fourth-order valence-electron chi connectivity index (χ4n) is 1.64. The molecule has 0 saturated heterocycles. The Morgan fingerprint density at radius 3 is 2.52 bits per heavy atom. The molecular formula is C13H11ClF3N3O. The van der Waals surface area contributed by atoms with Gasteiger partial charge in [-0.3, -0.25) is 0 Å². The molecule has 0 bridgehead atoms. The number of hydrazine groups is 1. The van der Waals surface area contributed by atoms with Crippen molar-refractivity contribution in [1.82, 2.24) is 4.98 Å². The highest BCUT2D eigenvalue weighted by atomic mass is 35.5. The van der Waals surface area contributed by atoms with Gasteiger partial charge in [0.15, 0.2) is 0 Å². The second-order valence-electron chi connectivity index (χ2n) is 4.23. The molecule has 3 N–H and O–H groups in total. The van der Waals surface area contributed by atoms with Crippen molar-refractivity contribution in [2.45, 2.75) is 13.1 Å². The number of benzene rings is 1. The minimum atomic E-state index is -4.53. The molecule has 0 aliphatic heterocycles. The van der Waals surface area contributed by atoms with E-state index in [4.69, 9.17) is 22.2 Å². The van der Waals surface area contributed by atoms with Crippen LogP contribution in [0.1, 0.15) is 11.1 Å². The molecule has 0 saturated carbocycles. The normalized spacial score (nSPS) is 11.3. The van der Waals surface area contributed by atoms with Gasteiger partial charge >= 0.3 is 6.18 Å². The number of aryl methyl sites for hydroxylation is 1. The van der Waals surface area contributed by atoms with Crippen LogP contribution in [0.2, 0.25) is 5.02 Å². The molecule has 0 spiro atoms. The van der Waals surface area contributed by atoms with E-state index in [9.17, 15) is 13.2 Å². The van der Waals surface area contributed by atoms with Gasteiger partial charge in [-0.15, -0.1) is 0 Å². The molecule has 4 nitrogen and oxygen atoms in total. The lowest BCUT2D eigenvalue weighted by molar-refractivity contribution is -0.137. The zero-order chi connectivity index (χ0) is 15.6. The van der Waals surface area contributed by atoms with Crippen LogP contribution in [0.5, 0.6) is 11.6 Å². The second-order valence-corrected chi connectivity index (χ2v) is 4.67. The van der Waals surface area contributed by atoms with Gasteiger partial charge in [0, 0.05) is 11.1 Å². The quantitative estimate of drug-likeness (QED) is 0.660. The summed E-state index contributed by atoms with van der Waals surface area (Å²) in [5.41, 5.74) is 1.84. The Hall–Kier alpha value is -1.99. The monoisotopic (exact) mass is 317 g/mol. The molecular weight excluding hydrogens is 307 g/mol. The minimum Gasteiger partial charge on any atom is -0.439 e. The molecule has 21 heavy (non-hydrogen) atoms. The lowest BCUT2D eigenvalue weighted by Gasteiger charge is -2.13. The number of ether oxygens (including phenoxy) is 1. The molecule has 112 valence electrons.